The van der Waals surface area contributed by atoms with Crippen molar-refractivity contribution < 1.29 is 13.2 Å². The Morgan fingerprint density at radius 2 is 1.81 bits per heavy atom. The summed E-state index contributed by atoms with van der Waals surface area (Å²) in [5.74, 6) is -0.849. The Hall–Kier alpha value is -1.42. The van der Waals surface area contributed by atoms with E-state index in [1.54, 1.807) is 19.9 Å². The largest absolute Gasteiger partial charge is 0.357 e. The molecule has 0 spiro atoms. The molecular formula is C16H25ClN4O3S2. The molecule has 4 N–H and O–H groups in total. The summed E-state index contributed by atoms with van der Waals surface area (Å²) in [7, 11) is -3.91. The van der Waals surface area contributed by atoms with E-state index in [1.807, 2.05) is 20.8 Å². The molecule has 0 aliphatic rings. The maximum absolute atomic E-state index is 12.5. The van der Waals surface area contributed by atoms with Crippen LogP contribution < -0.4 is 20.9 Å². The Kier molecular flexibility index (Phi) is 7.82. The fraction of sp³-hybridized carbons (Fsp3) is 0.500. The van der Waals surface area contributed by atoms with Gasteiger partial charge in [-0.2, -0.15) is 4.72 Å². The van der Waals surface area contributed by atoms with E-state index >= 15 is 0 Å². The summed E-state index contributed by atoms with van der Waals surface area (Å²) in [6.45, 7) is 9.21. The number of nitrogens with one attached hydrogen (secondary N) is 4. The Bertz CT molecular complexity index is 761. The Morgan fingerprint density at radius 3 is 2.31 bits per heavy atom. The topological polar surface area (TPSA) is 99.3 Å². The van der Waals surface area contributed by atoms with Crippen LogP contribution in [0.5, 0.6) is 0 Å². The zero-order chi connectivity index (χ0) is 20.1. The fourth-order valence-electron chi connectivity index (χ4n) is 1.93. The van der Waals surface area contributed by atoms with E-state index in [1.165, 1.54) is 18.2 Å². The number of hydrogen-bond donors (Lipinski definition) is 4. The summed E-state index contributed by atoms with van der Waals surface area (Å²) in [4.78, 5) is 12.4. The molecule has 0 radical (unpaired) electrons. The van der Waals surface area contributed by atoms with Crippen molar-refractivity contribution in [2.45, 2.75) is 51.1 Å². The van der Waals surface area contributed by atoms with Crippen molar-refractivity contribution in [3.05, 3.63) is 29.3 Å². The highest BCUT2D eigenvalue weighted by atomic mass is 35.5. The molecule has 0 unspecified atom stereocenters. The first-order valence-electron chi connectivity index (χ1n) is 7.98. The van der Waals surface area contributed by atoms with Gasteiger partial charge in [0, 0.05) is 10.6 Å². The number of thiocarbonyl (C=S) groups is 1. The molecule has 10 heteroatoms. The first-order chi connectivity index (χ1) is 11.8. The lowest BCUT2D eigenvalue weighted by Gasteiger charge is -2.25. The van der Waals surface area contributed by atoms with Crippen LogP contribution >= 0.6 is 23.8 Å². The average Bonchev–Trinajstić information content (AvgIpc) is 2.48. The van der Waals surface area contributed by atoms with Gasteiger partial charge in [0.1, 0.15) is 6.04 Å². The lowest BCUT2D eigenvalue weighted by atomic mass is 10.1. The second-order valence-electron chi connectivity index (χ2n) is 7.12. The fourth-order valence-corrected chi connectivity index (χ4v) is 3.93. The van der Waals surface area contributed by atoms with Crippen LogP contribution in [0.2, 0.25) is 5.02 Å². The summed E-state index contributed by atoms with van der Waals surface area (Å²) in [6, 6.07) is 4.83. The summed E-state index contributed by atoms with van der Waals surface area (Å²) in [6.07, 6.45) is 0. The first kappa shape index (κ1) is 22.6. The van der Waals surface area contributed by atoms with E-state index in [9.17, 15) is 13.2 Å². The molecule has 1 amide bonds. The number of amides is 1. The number of hydrazine groups is 1. The number of hydrogen-bond acceptors (Lipinski definition) is 4. The van der Waals surface area contributed by atoms with E-state index in [-0.39, 0.29) is 21.5 Å². The highest BCUT2D eigenvalue weighted by Gasteiger charge is 2.28. The minimum Gasteiger partial charge on any atom is -0.357 e. The van der Waals surface area contributed by atoms with Gasteiger partial charge in [0.25, 0.3) is 5.91 Å². The zero-order valence-corrected chi connectivity index (χ0v) is 17.8. The molecule has 0 aliphatic heterocycles. The van der Waals surface area contributed by atoms with Crippen molar-refractivity contribution in [3.63, 3.8) is 0 Å². The van der Waals surface area contributed by atoms with Gasteiger partial charge in [-0.3, -0.25) is 15.6 Å². The predicted octanol–water partition coefficient (Wildman–Crippen LogP) is 1.94. The molecule has 1 aromatic carbocycles. The summed E-state index contributed by atoms with van der Waals surface area (Å²) in [5.41, 5.74) is 4.72. The van der Waals surface area contributed by atoms with Gasteiger partial charge < -0.3 is 5.32 Å². The second kappa shape index (κ2) is 8.98. The predicted molar refractivity (Wildman–Crippen MR) is 107 cm³/mol. The molecule has 146 valence electrons. The van der Waals surface area contributed by atoms with Gasteiger partial charge in [-0.25, -0.2) is 8.42 Å². The molecule has 0 bridgehead atoms. The van der Waals surface area contributed by atoms with Crippen molar-refractivity contribution in [2.24, 2.45) is 5.92 Å². The van der Waals surface area contributed by atoms with Crippen molar-refractivity contribution in [2.75, 3.05) is 0 Å². The van der Waals surface area contributed by atoms with Gasteiger partial charge in [0.05, 0.1) is 4.90 Å². The standard InChI is InChI=1S/C16H25ClN4O3S2/c1-10(2)13(14(22)19-20-15(25)18-16(3,4)5)21-26(23,24)12-8-6-7-11(17)9-12/h6-10,13,21H,1-5H3,(H,19,22)(H2,18,20,25)/t13-/m0/s1. The zero-order valence-electron chi connectivity index (χ0n) is 15.4. The summed E-state index contributed by atoms with van der Waals surface area (Å²) >= 11 is 10.9. The van der Waals surface area contributed by atoms with Crippen LogP contribution in [0.3, 0.4) is 0 Å². The van der Waals surface area contributed by atoms with E-state index in [2.05, 4.69) is 20.9 Å². The van der Waals surface area contributed by atoms with Crippen LogP contribution in [-0.4, -0.2) is 31.0 Å². The van der Waals surface area contributed by atoms with Crippen LogP contribution in [0.25, 0.3) is 0 Å². The van der Waals surface area contributed by atoms with E-state index in [4.69, 9.17) is 23.8 Å². The molecule has 7 nitrogen and oxygen atoms in total. The third kappa shape index (κ3) is 7.45. The molecule has 0 saturated carbocycles. The average molecular weight is 421 g/mol. The highest BCUT2D eigenvalue weighted by molar-refractivity contribution is 7.89. The number of carbonyl (C=O) groups excluding carboxylic acids is 1. The van der Waals surface area contributed by atoms with Gasteiger partial charge >= 0.3 is 0 Å². The molecule has 0 aliphatic carbocycles. The van der Waals surface area contributed by atoms with Crippen molar-refractivity contribution in [3.8, 4) is 0 Å². The third-order valence-electron chi connectivity index (χ3n) is 3.13. The van der Waals surface area contributed by atoms with Gasteiger partial charge in [-0.05, 0) is 57.1 Å². The minimum absolute atomic E-state index is 0.0127. The maximum Gasteiger partial charge on any atom is 0.256 e. The molecule has 0 aromatic heterocycles. The van der Waals surface area contributed by atoms with Crippen LogP contribution in [0.15, 0.2) is 29.2 Å². The second-order valence-corrected chi connectivity index (χ2v) is 9.68. The molecular weight excluding hydrogens is 396 g/mol. The molecule has 0 saturated heterocycles. The summed E-state index contributed by atoms with van der Waals surface area (Å²) < 4.78 is 27.4. The molecule has 1 rings (SSSR count). The van der Waals surface area contributed by atoms with Gasteiger partial charge in [0.15, 0.2) is 5.11 Å². The van der Waals surface area contributed by atoms with Crippen LogP contribution in [0.4, 0.5) is 0 Å². The molecule has 0 fully saturated rings. The van der Waals surface area contributed by atoms with Crippen LogP contribution in [0, 0.1) is 5.92 Å². The number of carbonyl (C=O) groups is 1. The van der Waals surface area contributed by atoms with E-state index < -0.39 is 22.0 Å². The highest BCUT2D eigenvalue weighted by Crippen LogP contribution is 2.16. The third-order valence-corrected chi connectivity index (χ3v) is 5.00. The Morgan fingerprint density at radius 1 is 1.19 bits per heavy atom. The Labute approximate surface area is 165 Å². The van der Waals surface area contributed by atoms with E-state index in [0.29, 0.717) is 5.02 Å². The number of rotatable bonds is 5. The Balaban J connectivity index is 2.82. The van der Waals surface area contributed by atoms with E-state index in [0.717, 1.165) is 0 Å². The van der Waals surface area contributed by atoms with Crippen molar-refractivity contribution in [1.29, 1.82) is 0 Å². The van der Waals surface area contributed by atoms with Crippen LogP contribution in [0.1, 0.15) is 34.6 Å². The number of benzene rings is 1. The van der Waals surface area contributed by atoms with Gasteiger partial charge in [0.2, 0.25) is 10.0 Å². The number of halogens is 1. The van der Waals surface area contributed by atoms with Gasteiger partial charge in [-0.15, -0.1) is 0 Å². The maximum atomic E-state index is 12.5. The minimum atomic E-state index is -3.91. The quantitative estimate of drug-likeness (QED) is 0.429. The van der Waals surface area contributed by atoms with Crippen molar-refractivity contribution in [1.82, 2.24) is 20.9 Å². The van der Waals surface area contributed by atoms with Crippen LogP contribution in [-0.2, 0) is 14.8 Å². The monoisotopic (exact) mass is 420 g/mol. The SMILES string of the molecule is CC(C)[C@H](NS(=O)(=O)c1cccc(Cl)c1)C(=O)NNC(=S)NC(C)(C)C. The smallest absolute Gasteiger partial charge is 0.256 e. The molecule has 0 heterocycles. The molecule has 1 atom stereocenters. The lowest BCUT2D eigenvalue weighted by Crippen LogP contribution is -2.57. The lowest BCUT2D eigenvalue weighted by molar-refractivity contribution is -0.124. The number of sulfonamides is 1. The van der Waals surface area contributed by atoms with Gasteiger partial charge in [-0.1, -0.05) is 31.5 Å². The van der Waals surface area contributed by atoms with Crippen molar-refractivity contribution >= 4 is 44.9 Å². The molecule has 1 aromatic rings. The summed E-state index contributed by atoms with van der Waals surface area (Å²) in [5, 5.41) is 3.49. The molecule has 26 heavy (non-hydrogen) atoms. The first-order valence-corrected chi connectivity index (χ1v) is 10.2. The normalized spacial score (nSPS) is 13.2.